The lowest BCUT2D eigenvalue weighted by Gasteiger charge is -2.12. The number of nitrogens with two attached hydrogens (primary N) is 1. The Morgan fingerprint density at radius 2 is 1.86 bits per heavy atom. The minimum atomic E-state index is 0.287. The van der Waals surface area contributed by atoms with Gasteiger partial charge < -0.3 is 10.5 Å². The van der Waals surface area contributed by atoms with Crippen LogP contribution in [-0.2, 0) is 0 Å². The summed E-state index contributed by atoms with van der Waals surface area (Å²) in [4.78, 5) is 9.37. The summed E-state index contributed by atoms with van der Waals surface area (Å²) in [6, 6.07) is 18.5. The molecular weight excluding hydrogens is 388 g/mol. The van der Waals surface area contributed by atoms with E-state index < -0.39 is 0 Å². The highest BCUT2D eigenvalue weighted by Crippen LogP contribution is 2.33. The van der Waals surface area contributed by atoms with Gasteiger partial charge in [-0.25, -0.2) is 9.97 Å². The van der Waals surface area contributed by atoms with Crippen molar-refractivity contribution < 1.29 is 0 Å². The zero-order chi connectivity index (χ0) is 19.7. The Morgan fingerprint density at radius 3 is 2.71 bits per heavy atom. The van der Waals surface area contributed by atoms with Gasteiger partial charge in [-0.1, -0.05) is 29.8 Å². The van der Waals surface area contributed by atoms with Crippen LogP contribution >= 0.6 is 23.5 Å². The van der Waals surface area contributed by atoms with Gasteiger partial charge in [-0.05, 0) is 84.4 Å². The van der Waals surface area contributed by atoms with E-state index in [1.165, 1.54) is 23.1 Å². The normalized spacial score (nSPS) is 11.0. The second-order valence-electron chi connectivity index (χ2n) is 6.67. The summed E-state index contributed by atoms with van der Waals surface area (Å²) in [5.74, 6) is 0.287. The van der Waals surface area contributed by atoms with Gasteiger partial charge in [-0.2, -0.15) is 0 Å². The zero-order valence-corrected chi connectivity index (χ0v) is 17.1. The summed E-state index contributed by atoms with van der Waals surface area (Å²) in [5.41, 5.74) is 12.2. The molecule has 0 spiro atoms. The van der Waals surface area contributed by atoms with Gasteiger partial charge in [-0.3, -0.25) is 0 Å². The number of nitrogens with zero attached hydrogens (tertiary/aromatic N) is 2. The van der Waals surface area contributed by atoms with Crippen molar-refractivity contribution in [2.45, 2.75) is 18.7 Å². The lowest BCUT2D eigenvalue weighted by atomic mass is 9.99. The van der Waals surface area contributed by atoms with E-state index in [1.54, 1.807) is 6.20 Å². The minimum Gasteiger partial charge on any atom is -0.368 e. The Labute approximate surface area is 173 Å². The number of anilines is 2. The minimum absolute atomic E-state index is 0.287. The maximum absolute atomic E-state index is 6.30. The Morgan fingerprint density at radius 1 is 1.00 bits per heavy atom. The number of halogens is 1. The molecule has 0 aliphatic carbocycles. The molecule has 1 heterocycles. The van der Waals surface area contributed by atoms with Gasteiger partial charge in [0, 0.05) is 22.2 Å². The molecule has 1 aromatic heterocycles. The SMILES string of the molecule is Cc1ccc(Cl)c(SNc2ccc(C)c(-c3ccc4nc(N)ncc4c3)c2)c1. The summed E-state index contributed by atoms with van der Waals surface area (Å²) in [6.07, 6.45) is 1.76. The summed E-state index contributed by atoms with van der Waals surface area (Å²) in [7, 11) is 0. The molecular formula is C22H19ClN4S. The molecule has 0 fully saturated rings. The quantitative estimate of drug-likeness (QED) is 0.391. The molecule has 4 nitrogen and oxygen atoms in total. The highest BCUT2D eigenvalue weighted by Gasteiger charge is 2.07. The number of hydrogen-bond donors (Lipinski definition) is 2. The van der Waals surface area contributed by atoms with Crippen LogP contribution in [0.5, 0.6) is 0 Å². The highest BCUT2D eigenvalue weighted by atomic mass is 35.5. The first-order valence-electron chi connectivity index (χ1n) is 8.82. The first-order chi connectivity index (χ1) is 13.5. The van der Waals surface area contributed by atoms with Gasteiger partial charge in [0.2, 0.25) is 5.95 Å². The van der Waals surface area contributed by atoms with Crippen molar-refractivity contribution in [1.29, 1.82) is 0 Å². The third-order valence-corrected chi connectivity index (χ3v) is 5.85. The van der Waals surface area contributed by atoms with Crippen LogP contribution in [0.1, 0.15) is 11.1 Å². The second kappa shape index (κ2) is 7.70. The van der Waals surface area contributed by atoms with Crippen molar-refractivity contribution in [2.75, 3.05) is 10.5 Å². The van der Waals surface area contributed by atoms with Crippen LogP contribution in [0.2, 0.25) is 5.02 Å². The molecule has 0 bridgehead atoms. The lowest BCUT2D eigenvalue weighted by Crippen LogP contribution is -1.94. The number of hydrogen-bond acceptors (Lipinski definition) is 5. The number of nitrogen functional groups attached to an aromatic ring is 1. The molecule has 3 N–H and O–H groups in total. The topological polar surface area (TPSA) is 63.8 Å². The van der Waals surface area contributed by atoms with E-state index >= 15 is 0 Å². The molecule has 4 rings (SSSR count). The van der Waals surface area contributed by atoms with Crippen LogP contribution in [0.15, 0.2) is 65.7 Å². The van der Waals surface area contributed by atoms with E-state index in [9.17, 15) is 0 Å². The van der Waals surface area contributed by atoms with Gasteiger partial charge in [-0.15, -0.1) is 0 Å². The van der Waals surface area contributed by atoms with Crippen molar-refractivity contribution in [3.8, 4) is 11.1 Å². The average molecular weight is 407 g/mol. The number of benzene rings is 3. The third kappa shape index (κ3) is 3.91. The van der Waals surface area contributed by atoms with E-state index in [2.05, 4.69) is 64.9 Å². The molecule has 0 radical (unpaired) electrons. The first kappa shape index (κ1) is 18.6. The van der Waals surface area contributed by atoms with Crippen LogP contribution in [0.3, 0.4) is 0 Å². The van der Waals surface area contributed by atoms with Crippen LogP contribution in [-0.4, -0.2) is 9.97 Å². The molecule has 0 atom stereocenters. The molecule has 3 aromatic carbocycles. The number of rotatable bonds is 4. The number of aromatic nitrogens is 2. The van der Waals surface area contributed by atoms with Crippen molar-refractivity contribution in [3.05, 3.63) is 76.9 Å². The molecule has 0 aliphatic rings. The van der Waals surface area contributed by atoms with Crippen molar-refractivity contribution in [3.63, 3.8) is 0 Å². The average Bonchev–Trinajstić information content (AvgIpc) is 2.69. The van der Waals surface area contributed by atoms with E-state index in [1.807, 2.05) is 18.2 Å². The predicted molar refractivity (Wildman–Crippen MR) is 120 cm³/mol. The van der Waals surface area contributed by atoms with Gasteiger partial charge in [0.05, 0.1) is 10.5 Å². The Balaban J connectivity index is 1.63. The summed E-state index contributed by atoms with van der Waals surface area (Å²) in [5, 5.41) is 1.70. The number of fused-ring (bicyclic) bond motifs is 1. The molecule has 6 heteroatoms. The smallest absolute Gasteiger partial charge is 0.220 e. The third-order valence-electron chi connectivity index (χ3n) is 4.51. The zero-order valence-electron chi connectivity index (χ0n) is 15.5. The fourth-order valence-corrected chi connectivity index (χ4v) is 4.01. The van der Waals surface area contributed by atoms with Crippen molar-refractivity contribution in [2.24, 2.45) is 0 Å². The van der Waals surface area contributed by atoms with Gasteiger partial charge in [0.1, 0.15) is 0 Å². The van der Waals surface area contributed by atoms with Crippen LogP contribution in [0, 0.1) is 13.8 Å². The molecule has 140 valence electrons. The second-order valence-corrected chi connectivity index (χ2v) is 7.92. The van der Waals surface area contributed by atoms with Gasteiger partial charge in [0.15, 0.2) is 0 Å². The van der Waals surface area contributed by atoms with E-state index in [0.29, 0.717) is 0 Å². The van der Waals surface area contributed by atoms with E-state index in [-0.39, 0.29) is 5.95 Å². The Kier molecular flexibility index (Phi) is 5.11. The Hall–Kier alpha value is -2.76. The van der Waals surface area contributed by atoms with Crippen LogP contribution in [0.4, 0.5) is 11.6 Å². The molecule has 0 saturated carbocycles. The fraction of sp³-hybridized carbons (Fsp3) is 0.0909. The fourth-order valence-electron chi connectivity index (χ4n) is 3.01. The molecule has 0 amide bonds. The van der Waals surface area contributed by atoms with Crippen molar-refractivity contribution >= 4 is 46.1 Å². The maximum Gasteiger partial charge on any atom is 0.220 e. The monoisotopic (exact) mass is 406 g/mol. The molecule has 4 aromatic rings. The largest absolute Gasteiger partial charge is 0.368 e. The molecule has 28 heavy (non-hydrogen) atoms. The predicted octanol–water partition coefficient (Wildman–Crippen LogP) is 6.27. The van der Waals surface area contributed by atoms with Crippen LogP contribution < -0.4 is 10.5 Å². The summed E-state index contributed by atoms with van der Waals surface area (Å²) >= 11 is 7.81. The lowest BCUT2D eigenvalue weighted by molar-refractivity contribution is 1.24. The number of nitrogens with one attached hydrogen (secondary N) is 1. The van der Waals surface area contributed by atoms with E-state index in [0.717, 1.165) is 37.6 Å². The molecule has 0 saturated heterocycles. The van der Waals surface area contributed by atoms with Gasteiger partial charge >= 0.3 is 0 Å². The maximum atomic E-state index is 6.30. The summed E-state index contributed by atoms with van der Waals surface area (Å²) < 4.78 is 3.40. The standard InChI is InChI=1S/C22H19ClN4S/c1-13-3-7-19(23)21(9-13)28-27-17-6-4-14(2)18(11-17)15-5-8-20-16(10-15)12-25-22(24)26-20/h3-12,27H,1-2H3,(H2,24,25,26). The molecule has 0 unspecified atom stereocenters. The van der Waals surface area contributed by atoms with Crippen LogP contribution in [0.25, 0.3) is 22.0 Å². The highest BCUT2D eigenvalue weighted by molar-refractivity contribution is 8.00. The number of aryl methyl sites for hydroxylation is 2. The Bertz CT molecular complexity index is 1180. The van der Waals surface area contributed by atoms with Crippen molar-refractivity contribution in [1.82, 2.24) is 9.97 Å². The van der Waals surface area contributed by atoms with E-state index in [4.69, 9.17) is 17.3 Å². The molecule has 0 aliphatic heterocycles. The van der Waals surface area contributed by atoms with Gasteiger partial charge in [0.25, 0.3) is 0 Å². The summed E-state index contributed by atoms with van der Waals surface area (Å²) in [6.45, 7) is 4.16. The first-order valence-corrected chi connectivity index (χ1v) is 10.0.